The number of carbonyl (C=O) groups excluding carboxylic acids is 2. The summed E-state index contributed by atoms with van der Waals surface area (Å²) in [6, 6.07) is 22.8. The molecule has 1 heterocycles. The van der Waals surface area contributed by atoms with Gasteiger partial charge in [0, 0.05) is 16.8 Å². The first-order valence-corrected chi connectivity index (χ1v) is 12.3. The molecule has 0 radical (unpaired) electrons. The van der Waals surface area contributed by atoms with E-state index in [0.717, 1.165) is 22.4 Å². The Kier molecular flexibility index (Phi) is 8.32. The van der Waals surface area contributed by atoms with Crippen LogP contribution >= 0.6 is 11.8 Å². The molecule has 4 aromatic rings. The van der Waals surface area contributed by atoms with E-state index in [1.807, 2.05) is 66.9 Å². The van der Waals surface area contributed by atoms with Gasteiger partial charge in [-0.15, -0.1) is 10.2 Å². The number of rotatable bonds is 10. The molecule has 3 aromatic carbocycles. The lowest BCUT2D eigenvalue weighted by atomic mass is 10.1. The molecule has 0 unspecified atom stereocenters. The van der Waals surface area contributed by atoms with Crippen LogP contribution in [0.5, 0.6) is 5.75 Å². The SMILES string of the molecule is Cc1ccc(-c2nnc(SCC(=O)N/N=C\c3ccccc3OCC(=O)[O-])n2-c2ccc(C)cc2)cc1. The van der Waals surface area contributed by atoms with Gasteiger partial charge in [0.2, 0.25) is 0 Å². The number of nitrogens with zero attached hydrogens (tertiary/aromatic N) is 4. The van der Waals surface area contributed by atoms with E-state index in [1.54, 1.807) is 24.3 Å². The number of nitrogens with one attached hydrogen (secondary N) is 1. The van der Waals surface area contributed by atoms with Crippen molar-refractivity contribution < 1.29 is 19.4 Å². The summed E-state index contributed by atoms with van der Waals surface area (Å²) < 4.78 is 7.11. The maximum absolute atomic E-state index is 12.5. The van der Waals surface area contributed by atoms with E-state index in [1.165, 1.54) is 18.0 Å². The number of hydrazone groups is 1. The van der Waals surface area contributed by atoms with Crippen LogP contribution in [-0.4, -0.2) is 45.2 Å². The highest BCUT2D eigenvalue weighted by molar-refractivity contribution is 7.99. The van der Waals surface area contributed by atoms with Crippen molar-refractivity contribution in [2.45, 2.75) is 19.0 Å². The number of benzene rings is 3. The number of hydrogen-bond acceptors (Lipinski definition) is 8. The van der Waals surface area contributed by atoms with Crippen molar-refractivity contribution >= 4 is 29.9 Å². The van der Waals surface area contributed by atoms with Crippen LogP contribution in [0.25, 0.3) is 17.1 Å². The normalized spacial score (nSPS) is 11.0. The van der Waals surface area contributed by atoms with Gasteiger partial charge in [0.05, 0.1) is 17.9 Å². The number of carbonyl (C=O) groups is 2. The predicted octanol–water partition coefficient (Wildman–Crippen LogP) is 2.92. The number of ether oxygens (including phenoxy) is 1. The lowest BCUT2D eigenvalue weighted by Crippen LogP contribution is -2.29. The Balaban J connectivity index is 1.47. The molecular weight excluding hydrogens is 490 g/mol. The van der Waals surface area contributed by atoms with E-state index in [-0.39, 0.29) is 11.7 Å². The highest BCUT2D eigenvalue weighted by atomic mass is 32.2. The number of hydrogen-bond donors (Lipinski definition) is 1. The second-order valence-corrected chi connectivity index (χ2v) is 9.07. The minimum Gasteiger partial charge on any atom is -0.546 e. The first kappa shape index (κ1) is 25.6. The van der Waals surface area contributed by atoms with Crippen molar-refractivity contribution in [2.24, 2.45) is 5.10 Å². The van der Waals surface area contributed by atoms with Gasteiger partial charge in [-0.25, -0.2) is 5.43 Å². The van der Waals surface area contributed by atoms with E-state index in [0.29, 0.717) is 22.3 Å². The molecular formula is C27H24N5O4S-. The number of carboxylic acid groups (broad SMARTS) is 1. The Morgan fingerprint density at radius 1 is 1.00 bits per heavy atom. The van der Waals surface area contributed by atoms with Crippen molar-refractivity contribution in [2.75, 3.05) is 12.4 Å². The van der Waals surface area contributed by atoms with Gasteiger partial charge in [-0.1, -0.05) is 71.4 Å². The molecule has 0 spiro atoms. The molecule has 9 nitrogen and oxygen atoms in total. The predicted molar refractivity (Wildman–Crippen MR) is 140 cm³/mol. The van der Waals surface area contributed by atoms with Crippen molar-refractivity contribution in [3.05, 3.63) is 89.5 Å². The monoisotopic (exact) mass is 514 g/mol. The maximum atomic E-state index is 12.5. The van der Waals surface area contributed by atoms with E-state index in [2.05, 4.69) is 20.7 Å². The second kappa shape index (κ2) is 12.0. The Morgan fingerprint density at radius 3 is 2.38 bits per heavy atom. The van der Waals surface area contributed by atoms with Crippen molar-refractivity contribution in [1.29, 1.82) is 0 Å². The molecule has 0 atom stereocenters. The number of aromatic nitrogens is 3. The van der Waals surface area contributed by atoms with Crippen LogP contribution in [0.1, 0.15) is 16.7 Å². The first-order valence-electron chi connectivity index (χ1n) is 11.4. The van der Waals surface area contributed by atoms with Gasteiger partial charge in [-0.2, -0.15) is 5.10 Å². The molecule has 1 amide bonds. The zero-order valence-corrected chi connectivity index (χ0v) is 21.1. The lowest BCUT2D eigenvalue weighted by molar-refractivity contribution is -0.307. The van der Waals surface area contributed by atoms with Gasteiger partial charge in [0.25, 0.3) is 5.91 Å². The van der Waals surface area contributed by atoms with Gasteiger partial charge in [0.1, 0.15) is 12.4 Å². The molecule has 0 aliphatic carbocycles. The summed E-state index contributed by atoms with van der Waals surface area (Å²) in [5, 5.41) is 24.0. The first-order chi connectivity index (χ1) is 17.9. The number of aryl methyl sites for hydroxylation is 2. The molecule has 0 bridgehead atoms. The topological polar surface area (TPSA) is 122 Å². The Labute approximate surface area is 218 Å². The van der Waals surface area contributed by atoms with Crippen LogP contribution in [0.4, 0.5) is 0 Å². The van der Waals surface area contributed by atoms with Gasteiger partial charge < -0.3 is 14.6 Å². The minimum atomic E-state index is -1.33. The Morgan fingerprint density at radius 2 is 1.68 bits per heavy atom. The summed E-state index contributed by atoms with van der Waals surface area (Å²) in [5.74, 6) is -0.629. The molecule has 1 N–H and O–H groups in total. The third-order valence-electron chi connectivity index (χ3n) is 5.23. The molecule has 0 aliphatic rings. The van der Waals surface area contributed by atoms with E-state index >= 15 is 0 Å². The fourth-order valence-corrected chi connectivity index (χ4v) is 4.12. The number of thioether (sulfide) groups is 1. The van der Waals surface area contributed by atoms with Gasteiger partial charge >= 0.3 is 0 Å². The number of amides is 1. The number of carboxylic acids is 1. The number of para-hydroxylation sites is 1. The van der Waals surface area contributed by atoms with Crippen LogP contribution in [0, 0.1) is 13.8 Å². The average molecular weight is 515 g/mol. The van der Waals surface area contributed by atoms with Crippen molar-refractivity contribution in [3.8, 4) is 22.8 Å². The van der Waals surface area contributed by atoms with Crippen molar-refractivity contribution in [1.82, 2.24) is 20.2 Å². The van der Waals surface area contributed by atoms with Gasteiger partial charge in [-0.05, 0) is 38.1 Å². The highest BCUT2D eigenvalue weighted by Crippen LogP contribution is 2.28. The summed E-state index contributed by atoms with van der Waals surface area (Å²) in [4.78, 5) is 23.2. The van der Waals surface area contributed by atoms with Crippen LogP contribution in [0.3, 0.4) is 0 Å². The molecule has 0 saturated carbocycles. The van der Waals surface area contributed by atoms with E-state index < -0.39 is 12.6 Å². The van der Waals surface area contributed by atoms with Crippen LogP contribution in [0.15, 0.2) is 83.1 Å². The second-order valence-electron chi connectivity index (χ2n) is 8.12. The third kappa shape index (κ3) is 6.83. The average Bonchev–Trinajstić information content (AvgIpc) is 3.31. The smallest absolute Gasteiger partial charge is 0.250 e. The summed E-state index contributed by atoms with van der Waals surface area (Å²) in [7, 11) is 0. The summed E-state index contributed by atoms with van der Waals surface area (Å²) in [6.45, 7) is 3.46. The zero-order chi connectivity index (χ0) is 26.2. The standard InChI is InChI=1S/C27H25N5O4S/c1-18-7-11-20(12-8-18)26-30-31-27(32(26)22-13-9-19(2)10-14-22)37-17-24(33)29-28-15-21-5-3-4-6-23(21)36-16-25(34)35/h3-15H,16-17H2,1-2H3,(H,29,33)(H,34,35)/p-1/b28-15-. The zero-order valence-electron chi connectivity index (χ0n) is 20.2. The molecule has 0 saturated heterocycles. The summed E-state index contributed by atoms with van der Waals surface area (Å²) >= 11 is 1.24. The molecule has 0 fully saturated rings. The Bertz CT molecular complexity index is 1420. The van der Waals surface area contributed by atoms with Gasteiger partial charge in [-0.3, -0.25) is 9.36 Å². The minimum absolute atomic E-state index is 0.0536. The molecule has 37 heavy (non-hydrogen) atoms. The van der Waals surface area contributed by atoms with Crippen LogP contribution in [0.2, 0.25) is 0 Å². The van der Waals surface area contributed by atoms with Crippen LogP contribution in [-0.2, 0) is 9.59 Å². The highest BCUT2D eigenvalue weighted by Gasteiger charge is 2.17. The fraction of sp³-hybridized carbons (Fsp3) is 0.148. The van der Waals surface area contributed by atoms with E-state index in [4.69, 9.17) is 4.74 Å². The molecule has 4 rings (SSSR count). The maximum Gasteiger partial charge on any atom is 0.250 e. The summed E-state index contributed by atoms with van der Waals surface area (Å²) in [5.41, 5.74) is 7.07. The Hall–Kier alpha value is -4.44. The fourth-order valence-electron chi connectivity index (χ4n) is 3.37. The third-order valence-corrected chi connectivity index (χ3v) is 6.15. The molecule has 10 heteroatoms. The van der Waals surface area contributed by atoms with E-state index in [9.17, 15) is 14.7 Å². The largest absolute Gasteiger partial charge is 0.546 e. The quantitative estimate of drug-likeness (QED) is 0.196. The summed E-state index contributed by atoms with van der Waals surface area (Å²) in [6.07, 6.45) is 1.39. The molecule has 1 aromatic heterocycles. The van der Waals surface area contributed by atoms with Crippen molar-refractivity contribution in [3.63, 3.8) is 0 Å². The van der Waals surface area contributed by atoms with Gasteiger partial charge in [0.15, 0.2) is 11.0 Å². The van der Waals surface area contributed by atoms with Crippen LogP contribution < -0.4 is 15.3 Å². The molecule has 188 valence electrons. The molecule has 0 aliphatic heterocycles. The lowest BCUT2D eigenvalue weighted by Gasteiger charge is -2.11. The number of aliphatic carboxylic acids is 1.